The number of pyridine rings is 2. The van der Waals surface area contributed by atoms with Crippen LogP contribution in [0.2, 0.25) is 0 Å². The van der Waals surface area contributed by atoms with E-state index in [2.05, 4.69) is 197 Å². The Morgan fingerprint density at radius 3 is 1.56 bits per heavy atom. The fourth-order valence-corrected chi connectivity index (χ4v) is 8.49. The molecule has 1 aliphatic heterocycles. The van der Waals surface area contributed by atoms with Gasteiger partial charge in [0.05, 0.1) is 22.5 Å². The summed E-state index contributed by atoms with van der Waals surface area (Å²) in [6, 6.07) is 53.3. The van der Waals surface area contributed by atoms with Crippen LogP contribution < -0.4 is 9.64 Å². The van der Waals surface area contributed by atoms with Crippen LogP contribution in [0.5, 0.6) is 11.5 Å². The topological polar surface area (TPSA) is 38.2 Å². The maximum absolute atomic E-state index is 6.74. The summed E-state index contributed by atoms with van der Waals surface area (Å²) < 4.78 is 6.74. The Morgan fingerprint density at radius 1 is 0.484 bits per heavy atom. The van der Waals surface area contributed by atoms with Gasteiger partial charge in [-0.2, -0.15) is 12.1 Å². The number of hydrogen-bond acceptors (Lipinski definition) is 4. The van der Waals surface area contributed by atoms with Gasteiger partial charge in [0.15, 0.2) is 0 Å². The fourth-order valence-electron chi connectivity index (χ4n) is 8.49. The second-order valence-electron chi connectivity index (χ2n) is 20.7. The molecule has 4 nitrogen and oxygen atoms in total. The average molecular weight is 997 g/mol. The molecular formula is C57H59N3OPt. The van der Waals surface area contributed by atoms with E-state index in [0.29, 0.717) is 11.5 Å². The van der Waals surface area contributed by atoms with Crippen molar-refractivity contribution in [2.24, 2.45) is 0 Å². The quantitative estimate of drug-likeness (QED) is 0.156. The molecule has 0 saturated carbocycles. The van der Waals surface area contributed by atoms with Gasteiger partial charge in [-0.15, -0.1) is 41.5 Å². The molecule has 5 heteroatoms. The first-order chi connectivity index (χ1) is 28.7. The van der Waals surface area contributed by atoms with Crippen LogP contribution in [-0.2, 0) is 48.1 Å². The molecule has 0 radical (unpaired) electrons. The third kappa shape index (κ3) is 8.44. The number of nitrogens with zero attached hydrogens (tertiary/aromatic N) is 3. The summed E-state index contributed by atoms with van der Waals surface area (Å²) in [6.07, 6.45) is 3.79. The van der Waals surface area contributed by atoms with E-state index in [1.807, 2.05) is 42.7 Å². The van der Waals surface area contributed by atoms with Crippen LogP contribution in [0.4, 0.5) is 17.1 Å². The van der Waals surface area contributed by atoms with Crippen molar-refractivity contribution in [2.45, 2.75) is 110 Å². The molecule has 0 N–H and O–H groups in total. The van der Waals surface area contributed by atoms with Crippen molar-refractivity contribution in [2.75, 3.05) is 4.90 Å². The van der Waals surface area contributed by atoms with Crippen molar-refractivity contribution in [1.82, 2.24) is 9.97 Å². The Morgan fingerprint density at radius 2 is 1.02 bits per heavy atom. The normalized spacial score (nSPS) is 13.8. The van der Waals surface area contributed by atoms with Crippen LogP contribution in [0.1, 0.15) is 128 Å². The summed E-state index contributed by atoms with van der Waals surface area (Å²) in [4.78, 5) is 12.4. The predicted octanol–water partition coefficient (Wildman–Crippen LogP) is 14.9. The summed E-state index contributed by atoms with van der Waals surface area (Å²) in [5.41, 5.74) is 13.1. The largest absolute Gasteiger partial charge is 2.00 e. The van der Waals surface area contributed by atoms with E-state index in [0.717, 1.165) is 50.7 Å². The Hall–Kier alpha value is -5.31. The molecule has 8 rings (SSSR count). The van der Waals surface area contributed by atoms with Gasteiger partial charge in [-0.05, 0) is 103 Å². The van der Waals surface area contributed by atoms with Crippen molar-refractivity contribution in [3.63, 3.8) is 0 Å². The predicted molar refractivity (Wildman–Crippen MR) is 253 cm³/mol. The first-order valence-corrected chi connectivity index (χ1v) is 21.6. The zero-order valence-electron chi connectivity index (χ0n) is 38.3. The fraction of sp³-hybridized carbons (Fsp3) is 0.298. The van der Waals surface area contributed by atoms with Crippen molar-refractivity contribution < 1.29 is 25.8 Å². The van der Waals surface area contributed by atoms with E-state index in [9.17, 15) is 0 Å². The molecule has 2 aromatic heterocycles. The minimum Gasteiger partial charge on any atom is -0.503 e. The third-order valence-electron chi connectivity index (χ3n) is 12.1. The summed E-state index contributed by atoms with van der Waals surface area (Å²) in [5, 5.41) is 0. The monoisotopic (exact) mass is 996 g/mol. The van der Waals surface area contributed by atoms with E-state index < -0.39 is 5.41 Å². The van der Waals surface area contributed by atoms with E-state index >= 15 is 0 Å². The molecule has 1 aliphatic rings. The SMILES string of the molecule is CC(C)(C)c1ccc(N2c3ccc(C(C)(C)C)cc3C(c3[c-]c(Oc4[c-]c(-c5cc(C(C)(C)C)ccn5)ccc4)ccc3)(c3ccccn3)c3cc(C(C)(C)C)ccc32)cc1.[Pt+2]. The Bertz CT molecular complexity index is 2640. The molecule has 7 aromatic rings. The van der Waals surface area contributed by atoms with E-state index in [-0.39, 0.29) is 42.7 Å². The minimum absolute atomic E-state index is 0. The van der Waals surface area contributed by atoms with Gasteiger partial charge in [0.25, 0.3) is 0 Å². The van der Waals surface area contributed by atoms with Gasteiger partial charge in [0, 0.05) is 29.6 Å². The van der Waals surface area contributed by atoms with Crippen LogP contribution in [0.15, 0.2) is 140 Å². The number of anilines is 3. The second-order valence-corrected chi connectivity index (χ2v) is 20.7. The molecule has 0 saturated heterocycles. The standard InChI is InChI=1S/C57H59N3O.Pt/c1-53(2,3)39-22-26-44(27-23-39)60-50-28-24-40(54(4,5)6)35-47(50)57(52-21-13-14-31-59-52,48-36-41(55(7,8)9)25-29-51(48)60)43-18-16-20-46(34-43)61-45-19-15-17-38(33-45)49-37-42(30-32-58-49)56(10,11)12;/h13-32,35-37H,1-12H3;/q-2;+2. The van der Waals surface area contributed by atoms with Crippen LogP contribution in [0.25, 0.3) is 11.3 Å². The molecule has 3 heterocycles. The number of hydrogen-bond donors (Lipinski definition) is 0. The smallest absolute Gasteiger partial charge is 0.503 e. The molecule has 62 heavy (non-hydrogen) atoms. The van der Waals surface area contributed by atoms with Gasteiger partial charge in [-0.1, -0.05) is 138 Å². The van der Waals surface area contributed by atoms with Gasteiger partial charge in [0.1, 0.15) is 0 Å². The summed E-state index contributed by atoms with van der Waals surface area (Å²) >= 11 is 0. The maximum Gasteiger partial charge on any atom is 2.00 e. The molecule has 0 spiro atoms. The maximum atomic E-state index is 6.74. The van der Waals surface area contributed by atoms with Gasteiger partial charge >= 0.3 is 21.1 Å². The first-order valence-electron chi connectivity index (χ1n) is 21.6. The second kappa shape index (κ2) is 16.4. The molecular weight excluding hydrogens is 938 g/mol. The summed E-state index contributed by atoms with van der Waals surface area (Å²) in [7, 11) is 0. The van der Waals surface area contributed by atoms with Crippen LogP contribution in [-0.4, -0.2) is 9.97 Å². The number of benzene rings is 5. The van der Waals surface area contributed by atoms with Crippen molar-refractivity contribution >= 4 is 17.1 Å². The Labute approximate surface area is 385 Å². The number of fused-ring (bicyclic) bond motifs is 2. The third-order valence-corrected chi connectivity index (χ3v) is 12.1. The molecule has 0 aliphatic carbocycles. The van der Waals surface area contributed by atoms with E-state index in [1.165, 1.54) is 22.3 Å². The van der Waals surface area contributed by atoms with Gasteiger partial charge < -0.3 is 14.6 Å². The minimum atomic E-state index is -0.876. The molecule has 0 bridgehead atoms. The zero-order chi connectivity index (χ0) is 43.5. The molecule has 0 unspecified atom stereocenters. The van der Waals surface area contributed by atoms with Crippen molar-refractivity contribution in [3.8, 4) is 22.8 Å². The van der Waals surface area contributed by atoms with Crippen LogP contribution in [0.3, 0.4) is 0 Å². The average Bonchev–Trinajstić information content (AvgIpc) is 3.22. The van der Waals surface area contributed by atoms with Crippen molar-refractivity contribution in [1.29, 1.82) is 0 Å². The van der Waals surface area contributed by atoms with Crippen molar-refractivity contribution in [3.05, 3.63) is 197 Å². The van der Waals surface area contributed by atoms with Crippen LogP contribution in [0, 0.1) is 12.1 Å². The molecule has 318 valence electrons. The number of ether oxygens (including phenoxy) is 1. The Balaban J connectivity index is 0.00000578. The first kappa shape index (κ1) is 44.7. The van der Waals surface area contributed by atoms with Gasteiger partial charge in [-0.25, -0.2) is 0 Å². The molecule has 0 atom stereocenters. The summed E-state index contributed by atoms with van der Waals surface area (Å²) in [5.74, 6) is 1.19. The zero-order valence-corrected chi connectivity index (χ0v) is 40.6. The van der Waals surface area contributed by atoms with E-state index in [4.69, 9.17) is 14.7 Å². The molecule has 0 fully saturated rings. The molecule has 5 aromatic carbocycles. The van der Waals surface area contributed by atoms with E-state index in [1.54, 1.807) is 0 Å². The number of aromatic nitrogens is 2. The van der Waals surface area contributed by atoms with Gasteiger partial charge in [0.2, 0.25) is 0 Å². The van der Waals surface area contributed by atoms with Crippen LogP contribution >= 0.6 is 0 Å². The number of rotatable bonds is 6. The Kier molecular flexibility index (Phi) is 11.9. The molecule has 0 amide bonds. The summed E-state index contributed by atoms with van der Waals surface area (Å²) in [6.45, 7) is 27.2. The van der Waals surface area contributed by atoms with Gasteiger partial charge in [-0.3, -0.25) is 4.98 Å².